The summed E-state index contributed by atoms with van der Waals surface area (Å²) in [5.74, 6) is -2.59. The fourth-order valence-electron chi connectivity index (χ4n) is 2.24. The first kappa shape index (κ1) is 16.7. The number of hydrogen-bond acceptors (Lipinski definition) is 8. The second-order valence-electron chi connectivity index (χ2n) is 4.74. The SMILES string of the molecule is CC(=O)OC(C(C)=O)(C(C)=O)[C@H]1OC[C@H](O)[C@@H](O)[C@H]1O. The summed E-state index contributed by atoms with van der Waals surface area (Å²) in [5, 5.41) is 28.9. The number of aliphatic hydroxyl groups excluding tert-OH is 3. The van der Waals surface area contributed by atoms with Crippen LogP contribution in [0, 0.1) is 0 Å². The largest absolute Gasteiger partial charge is 0.440 e. The maximum absolute atomic E-state index is 11.8. The summed E-state index contributed by atoms with van der Waals surface area (Å²) >= 11 is 0. The summed E-state index contributed by atoms with van der Waals surface area (Å²) < 4.78 is 9.92. The molecule has 1 aliphatic heterocycles. The molecule has 1 aliphatic rings. The van der Waals surface area contributed by atoms with Gasteiger partial charge in [-0.25, -0.2) is 0 Å². The highest BCUT2D eigenvalue weighted by atomic mass is 16.6. The molecule has 8 nitrogen and oxygen atoms in total. The number of ether oxygens (including phenoxy) is 2. The van der Waals surface area contributed by atoms with Crippen molar-refractivity contribution in [3.8, 4) is 0 Å². The van der Waals surface area contributed by atoms with Gasteiger partial charge in [0.05, 0.1) is 6.61 Å². The van der Waals surface area contributed by atoms with Crippen LogP contribution in [0.25, 0.3) is 0 Å². The van der Waals surface area contributed by atoms with Gasteiger partial charge in [-0.1, -0.05) is 0 Å². The van der Waals surface area contributed by atoms with Crippen LogP contribution in [-0.4, -0.2) is 69.5 Å². The zero-order valence-electron chi connectivity index (χ0n) is 11.4. The molecule has 0 amide bonds. The fourth-order valence-corrected chi connectivity index (χ4v) is 2.24. The van der Waals surface area contributed by atoms with Crippen molar-refractivity contribution < 1.29 is 39.2 Å². The van der Waals surface area contributed by atoms with Crippen molar-refractivity contribution in [3.63, 3.8) is 0 Å². The first-order valence-corrected chi connectivity index (χ1v) is 6.02. The van der Waals surface area contributed by atoms with Gasteiger partial charge in [-0.05, 0) is 13.8 Å². The topological polar surface area (TPSA) is 130 Å². The Balaban J connectivity index is 3.26. The van der Waals surface area contributed by atoms with E-state index >= 15 is 0 Å². The van der Waals surface area contributed by atoms with E-state index in [1.54, 1.807) is 0 Å². The molecule has 0 aromatic rings. The fraction of sp³-hybridized carbons (Fsp3) is 0.750. The van der Waals surface area contributed by atoms with Crippen LogP contribution in [0.1, 0.15) is 20.8 Å². The Hall–Kier alpha value is -1.35. The van der Waals surface area contributed by atoms with Crippen LogP contribution in [0.15, 0.2) is 0 Å². The van der Waals surface area contributed by atoms with Crippen molar-refractivity contribution in [2.45, 2.75) is 50.8 Å². The molecule has 114 valence electrons. The molecule has 1 fully saturated rings. The Morgan fingerprint density at radius 1 is 1.05 bits per heavy atom. The average Bonchev–Trinajstić information content (AvgIpc) is 2.32. The first-order valence-electron chi connectivity index (χ1n) is 6.02. The number of hydrogen-bond donors (Lipinski definition) is 3. The molecular weight excluding hydrogens is 272 g/mol. The molecule has 20 heavy (non-hydrogen) atoms. The van der Waals surface area contributed by atoms with Crippen molar-refractivity contribution in [1.29, 1.82) is 0 Å². The lowest BCUT2D eigenvalue weighted by atomic mass is 9.81. The second kappa shape index (κ2) is 5.96. The molecule has 1 heterocycles. The molecule has 0 radical (unpaired) electrons. The number of ketones is 2. The molecule has 0 aromatic heterocycles. The third-order valence-corrected chi connectivity index (χ3v) is 3.25. The smallest absolute Gasteiger partial charge is 0.304 e. The molecule has 8 heteroatoms. The molecule has 0 spiro atoms. The third kappa shape index (κ3) is 2.73. The Morgan fingerprint density at radius 2 is 1.55 bits per heavy atom. The van der Waals surface area contributed by atoms with Gasteiger partial charge in [0.15, 0.2) is 11.6 Å². The van der Waals surface area contributed by atoms with Crippen molar-refractivity contribution in [2.75, 3.05) is 6.61 Å². The third-order valence-electron chi connectivity index (χ3n) is 3.25. The summed E-state index contributed by atoms with van der Waals surface area (Å²) in [5.41, 5.74) is -2.34. The van der Waals surface area contributed by atoms with E-state index in [4.69, 9.17) is 9.47 Å². The zero-order chi connectivity index (χ0) is 15.7. The molecule has 0 bridgehead atoms. The number of esters is 1. The van der Waals surface area contributed by atoms with E-state index in [9.17, 15) is 29.7 Å². The van der Waals surface area contributed by atoms with Crippen LogP contribution in [0.4, 0.5) is 0 Å². The van der Waals surface area contributed by atoms with Gasteiger partial charge < -0.3 is 24.8 Å². The summed E-state index contributed by atoms with van der Waals surface area (Å²) in [6, 6.07) is 0. The van der Waals surface area contributed by atoms with Gasteiger partial charge >= 0.3 is 5.97 Å². The molecule has 4 atom stereocenters. The zero-order valence-corrected chi connectivity index (χ0v) is 11.4. The van der Waals surface area contributed by atoms with Gasteiger partial charge in [0.1, 0.15) is 24.4 Å². The highest BCUT2D eigenvalue weighted by Crippen LogP contribution is 2.30. The predicted molar refractivity (Wildman–Crippen MR) is 63.6 cm³/mol. The van der Waals surface area contributed by atoms with Crippen molar-refractivity contribution in [2.24, 2.45) is 0 Å². The van der Waals surface area contributed by atoms with Crippen LogP contribution in [0.3, 0.4) is 0 Å². The minimum Gasteiger partial charge on any atom is -0.440 e. The summed E-state index contributed by atoms with van der Waals surface area (Å²) in [6.07, 6.45) is -6.33. The summed E-state index contributed by atoms with van der Waals surface area (Å²) in [4.78, 5) is 34.9. The lowest BCUT2D eigenvalue weighted by molar-refractivity contribution is -0.236. The van der Waals surface area contributed by atoms with E-state index in [-0.39, 0.29) is 0 Å². The summed E-state index contributed by atoms with van der Waals surface area (Å²) in [7, 11) is 0. The molecule has 1 saturated heterocycles. The van der Waals surface area contributed by atoms with Gasteiger partial charge in [0, 0.05) is 6.92 Å². The van der Waals surface area contributed by atoms with E-state index in [1.807, 2.05) is 0 Å². The average molecular weight is 290 g/mol. The maximum Gasteiger partial charge on any atom is 0.304 e. The van der Waals surface area contributed by atoms with Crippen molar-refractivity contribution in [1.82, 2.24) is 0 Å². The van der Waals surface area contributed by atoms with Crippen LogP contribution >= 0.6 is 0 Å². The molecule has 0 aliphatic carbocycles. The number of Topliss-reactive ketones (excluding diaryl/α,β-unsaturated/α-hetero) is 2. The van der Waals surface area contributed by atoms with Crippen LogP contribution in [0.2, 0.25) is 0 Å². The maximum atomic E-state index is 11.8. The quantitative estimate of drug-likeness (QED) is 0.398. The van der Waals surface area contributed by atoms with E-state index < -0.39 is 54.2 Å². The van der Waals surface area contributed by atoms with E-state index in [2.05, 4.69) is 0 Å². The standard InChI is InChI=1S/C12H18O8/c1-5(13)12(6(2)14,20-7(3)15)11-10(18)9(17)8(16)4-19-11/h8-11,16-18H,4H2,1-3H3/t8-,9+,10+,11-/m0/s1. The second-order valence-corrected chi connectivity index (χ2v) is 4.74. The molecule has 0 saturated carbocycles. The van der Waals surface area contributed by atoms with Crippen molar-refractivity contribution >= 4 is 17.5 Å². The highest BCUT2D eigenvalue weighted by Gasteiger charge is 2.58. The molecule has 0 unspecified atom stereocenters. The molecule has 1 rings (SSSR count). The Kier molecular flexibility index (Phi) is 4.98. The van der Waals surface area contributed by atoms with Gasteiger partial charge in [0.25, 0.3) is 5.60 Å². The minimum atomic E-state index is -2.34. The lowest BCUT2D eigenvalue weighted by Gasteiger charge is -2.43. The number of carbonyl (C=O) groups is 3. The monoisotopic (exact) mass is 290 g/mol. The normalized spacial score (nSPS) is 30.7. The predicted octanol–water partition coefficient (Wildman–Crippen LogP) is -2.05. The van der Waals surface area contributed by atoms with Crippen molar-refractivity contribution in [3.05, 3.63) is 0 Å². The molecular formula is C12H18O8. The number of carbonyl (C=O) groups excluding carboxylic acids is 3. The number of rotatable bonds is 4. The van der Waals surface area contributed by atoms with Gasteiger partial charge in [-0.3, -0.25) is 14.4 Å². The Labute approximate surface area is 115 Å². The van der Waals surface area contributed by atoms with Crippen LogP contribution in [-0.2, 0) is 23.9 Å². The molecule has 3 N–H and O–H groups in total. The molecule has 0 aromatic carbocycles. The van der Waals surface area contributed by atoms with Gasteiger partial charge in [-0.2, -0.15) is 0 Å². The summed E-state index contributed by atoms with van der Waals surface area (Å²) in [6.45, 7) is 2.61. The highest BCUT2D eigenvalue weighted by molar-refractivity contribution is 6.10. The van der Waals surface area contributed by atoms with Crippen LogP contribution in [0.5, 0.6) is 0 Å². The van der Waals surface area contributed by atoms with E-state index in [1.165, 1.54) is 0 Å². The van der Waals surface area contributed by atoms with Gasteiger partial charge in [0.2, 0.25) is 0 Å². The van der Waals surface area contributed by atoms with Gasteiger partial charge in [-0.15, -0.1) is 0 Å². The number of aliphatic hydroxyl groups is 3. The van der Waals surface area contributed by atoms with E-state index in [0.717, 1.165) is 20.8 Å². The lowest BCUT2D eigenvalue weighted by Crippen LogP contribution is -2.67. The van der Waals surface area contributed by atoms with E-state index in [0.29, 0.717) is 0 Å². The first-order chi connectivity index (χ1) is 9.14. The Morgan fingerprint density at radius 3 is 1.95 bits per heavy atom. The minimum absolute atomic E-state index is 0.410. The van der Waals surface area contributed by atoms with Crippen LogP contribution < -0.4 is 0 Å². The Bertz CT molecular complexity index is 404.